The molecule has 0 aromatic heterocycles. The maximum absolute atomic E-state index is 11.0. The van der Waals surface area contributed by atoms with Crippen LogP contribution in [0.3, 0.4) is 0 Å². The van der Waals surface area contributed by atoms with Crippen LogP contribution in [-0.2, 0) is 9.53 Å². The second-order valence-electron chi connectivity index (χ2n) is 4.02. The molecule has 0 atom stereocenters. The van der Waals surface area contributed by atoms with E-state index >= 15 is 0 Å². The summed E-state index contributed by atoms with van der Waals surface area (Å²) in [6.07, 6.45) is 1.55. The minimum Gasteiger partial charge on any atom is -0.490 e. The number of likely N-dealkylation sites (N-methyl/N-ethyl adjacent to an activating group) is 1. The fraction of sp³-hybridized carbons (Fsp3) is 0.667. The van der Waals surface area contributed by atoms with Crippen LogP contribution in [0.2, 0.25) is 0 Å². The average Bonchev–Trinajstić information content (AvgIpc) is 2.07. The Morgan fingerprint density at radius 1 is 1.50 bits per heavy atom. The minimum atomic E-state index is -0.211. The van der Waals surface area contributed by atoms with E-state index in [0.29, 0.717) is 6.54 Å². The van der Waals surface area contributed by atoms with Crippen molar-refractivity contribution in [1.82, 2.24) is 4.90 Å². The van der Waals surface area contributed by atoms with Crippen molar-refractivity contribution in [3.8, 4) is 0 Å². The zero-order valence-electron chi connectivity index (χ0n) is 8.05. The highest BCUT2D eigenvalue weighted by Gasteiger charge is 2.22. The van der Waals surface area contributed by atoms with Gasteiger partial charge in [0.1, 0.15) is 11.4 Å². The van der Waals surface area contributed by atoms with Gasteiger partial charge in [0.05, 0.1) is 6.54 Å². The number of hydrogen-bond acceptors (Lipinski definition) is 2. The predicted octanol–water partition coefficient (Wildman–Crippen LogP) is 1.16. The number of hydrogen-bond donors (Lipinski definition) is 0. The lowest BCUT2D eigenvalue weighted by Crippen LogP contribution is -2.23. The van der Waals surface area contributed by atoms with Gasteiger partial charge in [-0.15, -0.1) is 0 Å². The number of carbonyl (C=O) groups is 1. The molecule has 3 heteroatoms. The number of nitrogens with zero attached hydrogens (tertiary/aromatic N) is 1. The molecule has 1 heterocycles. The van der Waals surface area contributed by atoms with Crippen molar-refractivity contribution in [2.24, 2.45) is 0 Å². The van der Waals surface area contributed by atoms with Gasteiger partial charge in [-0.3, -0.25) is 4.79 Å². The molecule has 0 saturated heterocycles. The Hall–Kier alpha value is -0.990. The standard InChI is InChI=1S/C9H15NO2/c1-9(2,3)12-7-5-8(11)10(4)6-7/h5H,6H2,1-4H3. The molecule has 68 valence electrons. The van der Waals surface area contributed by atoms with Crippen molar-refractivity contribution in [3.63, 3.8) is 0 Å². The lowest BCUT2D eigenvalue weighted by atomic mass is 10.2. The van der Waals surface area contributed by atoms with Crippen molar-refractivity contribution in [3.05, 3.63) is 11.8 Å². The van der Waals surface area contributed by atoms with Crippen LogP contribution in [0.1, 0.15) is 20.8 Å². The van der Waals surface area contributed by atoms with E-state index in [-0.39, 0.29) is 11.5 Å². The third kappa shape index (κ3) is 2.26. The third-order valence-corrected chi connectivity index (χ3v) is 1.49. The molecule has 0 aliphatic carbocycles. The predicted molar refractivity (Wildman–Crippen MR) is 46.6 cm³/mol. The summed E-state index contributed by atoms with van der Waals surface area (Å²) >= 11 is 0. The molecule has 0 radical (unpaired) electrons. The molecule has 0 bridgehead atoms. The molecular formula is C9H15NO2. The molecule has 1 rings (SSSR count). The summed E-state index contributed by atoms with van der Waals surface area (Å²) in [4.78, 5) is 12.7. The summed E-state index contributed by atoms with van der Waals surface area (Å²) in [7, 11) is 1.76. The molecule has 1 amide bonds. The molecule has 0 spiro atoms. The quantitative estimate of drug-likeness (QED) is 0.589. The van der Waals surface area contributed by atoms with Crippen LogP contribution in [0.15, 0.2) is 11.8 Å². The number of amides is 1. The molecule has 0 N–H and O–H groups in total. The van der Waals surface area contributed by atoms with Crippen molar-refractivity contribution < 1.29 is 9.53 Å². The monoisotopic (exact) mass is 169 g/mol. The summed E-state index contributed by atoms with van der Waals surface area (Å²) < 4.78 is 5.54. The van der Waals surface area contributed by atoms with Crippen LogP contribution >= 0.6 is 0 Å². The zero-order valence-corrected chi connectivity index (χ0v) is 8.05. The summed E-state index contributed by atoms with van der Waals surface area (Å²) in [5.41, 5.74) is -0.211. The van der Waals surface area contributed by atoms with Gasteiger partial charge in [-0.2, -0.15) is 0 Å². The summed E-state index contributed by atoms with van der Waals surface area (Å²) in [6, 6.07) is 0. The van der Waals surface area contributed by atoms with Gasteiger partial charge in [-0.1, -0.05) is 0 Å². The highest BCUT2D eigenvalue weighted by atomic mass is 16.5. The van der Waals surface area contributed by atoms with E-state index in [4.69, 9.17) is 4.74 Å². The maximum Gasteiger partial charge on any atom is 0.250 e. The lowest BCUT2D eigenvalue weighted by molar-refractivity contribution is -0.123. The topological polar surface area (TPSA) is 29.5 Å². The normalized spacial score (nSPS) is 18.2. The molecule has 1 aliphatic rings. The van der Waals surface area contributed by atoms with Gasteiger partial charge in [-0.25, -0.2) is 0 Å². The Morgan fingerprint density at radius 2 is 2.08 bits per heavy atom. The van der Waals surface area contributed by atoms with Crippen molar-refractivity contribution in [2.45, 2.75) is 26.4 Å². The molecule has 0 unspecified atom stereocenters. The van der Waals surface area contributed by atoms with Crippen LogP contribution in [0.25, 0.3) is 0 Å². The molecule has 3 nitrogen and oxygen atoms in total. The fourth-order valence-electron chi connectivity index (χ4n) is 1.06. The van der Waals surface area contributed by atoms with Crippen LogP contribution in [0.5, 0.6) is 0 Å². The number of carbonyl (C=O) groups excluding carboxylic acids is 1. The smallest absolute Gasteiger partial charge is 0.250 e. The van der Waals surface area contributed by atoms with Crippen molar-refractivity contribution in [1.29, 1.82) is 0 Å². The molecule has 1 aliphatic heterocycles. The van der Waals surface area contributed by atoms with Crippen LogP contribution in [0, 0.1) is 0 Å². The van der Waals surface area contributed by atoms with E-state index in [9.17, 15) is 4.79 Å². The van der Waals surface area contributed by atoms with Crippen LogP contribution in [0.4, 0.5) is 0 Å². The van der Waals surface area contributed by atoms with E-state index in [2.05, 4.69) is 0 Å². The molecule has 0 aromatic carbocycles. The molecule has 0 aromatic rings. The highest BCUT2D eigenvalue weighted by molar-refractivity contribution is 5.90. The Morgan fingerprint density at radius 3 is 2.42 bits per heavy atom. The SMILES string of the molecule is CN1CC(OC(C)(C)C)=CC1=O. The summed E-state index contributed by atoms with van der Waals surface area (Å²) in [5.74, 6) is 0.782. The van der Waals surface area contributed by atoms with Crippen LogP contribution < -0.4 is 0 Å². The van der Waals surface area contributed by atoms with E-state index in [0.717, 1.165) is 5.76 Å². The van der Waals surface area contributed by atoms with E-state index < -0.39 is 0 Å². The molecule has 0 fully saturated rings. The Balaban J connectivity index is 2.57. The summed E-state index contributed by atoms with van der Waals surface area (Å²) in [5, 5.41) is 0. The first-order valence-corrected chi connectivity index (χ1v) is 4.03. The van der Waals surface area contributed by atoms with Gasteiger partial charge in [0.25, 0.3) is 0 Å². The van der Waals surface area contributed by atoms with E-state index in [1.165, 1.54) is 0 Å². The second-order valence-corrected chi connectivity index (χ2v) is 4.02. The number of ether oxygens (including phenoxy) is 1. The average molecular weight is 169 g/mol. The van der Waals surface area contributed by atoms with Crippen LogP contribution in [-0.4, -0.2) is 30.0 Å². The van der Waals surface area contributed by atoms with Crippen molar-refractivity contribution >= 4 is 5.91 Å². The fourth-order valence-corrected chi connectivity index (χ4v) is 1.06. The Labute approximate surface area is 73.0 Å². The molecule has 0 saturated carbocycles. The largest absolute Gasteiger partial charge is 0.490 e. The molecular weight excluding hydrogens is 154 g/mol. The minimum absolute atomic E-state index is 0.0225. The zero-order chi connectivity index (χ0) is 9.35. The lowest BCUT2D eigenvalue weighted by Gasteiger charge is -2.22. The molecule has 12 heavy (non-hydrogen) atoms. The highest BCUT2D eigenvalue weighted by Crippen LogP contribution is 2.17. The van der Waals surface area contributed by atoms with E-state index in [1.807, 2.05) is 20.8 Å². The van der Waals surface area contributed by atoms with Gasteiger partial charge < -0.3 is 9.64 Å². The first kappa shape index (κ1) is 9.10. The first-order valence-electron chi connectivity index (χ1n) is 4.03. The number of rotatable bonds is 1. The summed E-state index contributed by atoms with van der Waals surface area (Å²) in [6.45, 7) is 6.50. The van der Waals surface area contributed by atoms with Gasteiger partial charge in [-0.05, 0) is 20.8 Å². The van der Waals surface area contributed by atoms with Gasteiger partial charge in [0.2, 0.25) is 5.91 Å². The van der Waals surface area contributed by atoms with Gasteiger partial charge >= 0.3 is 0 Å². The maximum atomic E-state index is 11.0. The van der Waals surface area contributed by atoms with Crippen molar-refractivity contribution in [2.75, 3.05) is 13.6 Å². The van der Waals surface area contributed by atoms with Gasteiger partial charge in [0, 0.05) is 13.1 Å². The Bertz CT molecular complexity index is 225. The van der Waals surface area contributed by atoms with Gasteiger partial charge in [0.15, 0.2) is 0 Å². The Kier molecular flexibility index (Phi) is 2.13. The first-order chi connectivity index (χ1) is 5.38. The second kappa shape index (κ2) is 2.81. The third-order valence-electron chi connectivity index (χ3n) is 1.49. The van der Waals surface area contributed by atoms with E-state index in [1.54, 1.807) is 18.0 Å².